The van der Waals surface area contributed by atoms with Crippen LogP contribution in [0.5, 0.6) is 0 Å². The molecule has 1 unspecified atom stereocenters. The summed E-state index contributed by atoms with van der Waals surface area (Å²) in [6.07, 6.45) is 2.29. The van der Waals surface area contributed by atoms with Crippen LogP contribution in [0.25, 0.3) is 11.0 Å². The molecule has 5 heteroatoms. The Balaban J connectivity index is 1.78. The number of aromatic carboxylic acids is 1. The number of carboxylic acids is 1. The lowest BCUT2D eigenvalue weighted by Gasteiger charge is -2.33. The molecule has 0 spiro atoms. The summed E-state index contributed by atoms with van der Waals surface area (Å²) in [5, 5.41) is 9.83. The first-order chi connectivity index (χ1) is 10.7. The maximum Gasteiger partial charge on any atom is 0.371 e. The summed E-state index contributed by atoms with van der Waals surface area (Å²) in [6.45, 7) is 5.64. The van der Waals surface area contributed by atoms with Crippen LogP contribution in [0.2, 0.25) is 0 Å². The number of fused-ring (bicyclic) bond motifs is 1. The summed E-state index contributed by atoms with van der Waals surface area (Å²) >= 11 is 0. The third-order valence-electron chi connectivity index (χ3n) is 4.24. The minimum atomic E-state index is -1.03. The van der Waals surface area contributed by atoms with Crippen LogP contribution >= 0.6 is 0 Å². The predicted octanol–water partition coefficient (Wildman–Crippen LogP) is 3.13. The Labute approximate surface area is 129 Å². The number of ether oxygens (including phenoxy) is 1. The van der Waals surface area contributed by atoms with E-state index in [1.165, 1.54) is 6.42 Å². The Morgan fingerprint density at radius 3 is 2.95 bits per heavy atom. The van der Waals surface area contributed by atoms with Gasteiger partial charge in [-0.2, -0.15) is 0 Å². The monoisotopic (exact) mass is 303 g/mol. The second kappa shape index (κ2) is 6.50. The highest BCUT2D eigenvalue weighted by Crippen LogP contribution is 2.23. The Bertz CT molecular complexity index is 658. The highest BCUT2D eigenvalue weighted by Gasteiger charge is 2.20. The number of carbonyl (C=O) groups is 1. The van der Waals surface area contributed by atoms with Gasteiger partial charge in [0.1, 0.15) is 5.58 Å². The van der Waals surface area contributed by atoms with Gasteiger partial charge in [-0.15, -0.1) is 0 Å². The van der Waals surface area contributed by atoms with Crippen LogP contribution in [0.1, 0.15) is 35.9 Å². The van der Waals surface area contributed by atoms with Crippen molar-refractivity contribution >= 4 is 16.9 Å². The summed E-state index contributed by atoms with van der Waals surface area (Å²) in [6, 6.07) is 7.92. The Morgan fingerprint density at radius 1 is 1.41 bits per heavy atom. The molecule has 1 aliphatic heterocycles. The molecule has 0 saturated carbocycles. The van der Waals surface area contributed by atoms with Crippen LogP contribution < -0.4 is 0 Å². The van der Waals surface area contributed by atoms with E-state index in [4.69, 9.17) is 14.3 Å². The largest absolute Gasteiger partial charge is 0.475 e. The molecule has 1 aliphatic rings. The van der Waals surface area contributed by atoms with E-state index in [1.54, 1.807) is 6.07 Å². The Morgan fingerprint density at radius 2 is 2.27 bits per heavy atom. The van der Waals surface area contributed by atoms with Gasteiger partial charge in [-0.1, -0.05) is 13.0 Å². The van der Waals surface area contributed by atoms with Crippen molar-refractivity contribution in [1.82, 2.24) is 4.90 Å². The highest BCUT2D eigenvalue weighted by atomic mass is 16.5. The number of furan rings is 1. The van der Waals surface area contributed by atoms with Crippen LogP contribution in [0.3, 0.4) is 0 Å². The molecule has 1 saturated heterocycles. The second-order valence-electron chi connectivity index (χ2n) is 5.72. The molecular formula is C17H21NO4. The number of nitrogens with zero attached hydrogens (tertiary/aromatic N) is 1. The van der Waals surface area contributed by atoms with E-state index in [9.17, 15) is 4.79 Å². The normalized spacial score (nSPS) is 18.9. The molecule has 0 aliphatic carbocycles. The molecule has 22 heavy (non-hydrogen) atoms. The minimum Gasteiger partial charge on any atom is -0.475 e. The number of rotatable bonds is 5. The molecule has 2 heterocycles. The SMILES string of the molecule is CCN(Cc1ccc2oc(C(=O)O)cc2c1)C1CCCOC1. The third-order valence-corrected chi connectivity index (χ3v) is 4.24. The molecule has 0 radical (unpaired) electrons. The van der Waals surface area contributed by atoms with Crippen molar-refractivity contribution in [2.24, 2.45) is 0 Å². The van der Waals surface area contributed by atoms with E-state index in [-0.39, 0.29) is 5.76 Å². The van der Waals surface area contributed by atoms with Crippen molar-refractivity contribution < 1.29 is 19.1 Å². The summed E-state index contributed by atoms with van der Waals surface area (Å²) < 4.78 is 10.9. The van der Waals surface area contributed by atoms with E-state index in [0.717, 1.165) is 43.7 Å². The van der Waals surface area contributed by atoms with Crippen LogP contribution in [-0.2, 0) is 11.3 Å². The first-order valence-electron chi connectivity index (χ1n) is 7.75. The van der Waals surface area contributed by atoms with Gasteiger partial charge >= 0.3 is 5.97 Å². The fraction of sp³-hybridized carbons (Fsp3) is 0.471. The molecular weight excluding hydrogens is 282 g/mol. The fourth-order valence-electron chi connectivity index (χ4n) is 3.04. The van der Waals surface area contributed by atoms with Gasteiger partial charge in [0, 0.05) is 24.6 Å². The van der Waals surface area contributed by atoms with Crippen LogP contribution in [0, 0.1) is 0 Å². The fourth-order valence-corrected chi connectivity index (χ4v) is 3.04. The maximum atomic E-state index is 11.0. The Kier molecular flexibility index (Phi) is 4.45. The quantitative estimate of drug-likeness (QED) is 0.919. The van der Waals surface area contributed by atoms with Gasteiger partial charge in [0.2, 0.25) is 5.76 Å². The third kappa shape index (κ3) is 3.15. The van der Waals surface area contributed by atoms with Crippen LogP contribution in [0.15, 0.2) is 28.7 Å². The first-order valence-corrected chi connectivity index (χ1v) is 7.75. The average Bonchev–Trinajstić information content (AvgIpc) is 2.97. The number of hydrogen-bond acceptors (Lipinski definition) is 4. The summed E-state index contributed by atoms with van der Waals surface area (Å²) in [7, 11) is 0. The number of hydrogen-bond donors (Lipinski definition) is 1. The molecule has 0 bridgehead atoms. The van der Waals surface area contributed by atoms with Gasteiger partial charge in [-0.25, -0.2) is 4.79 Å². The molecule has 2 aromatic rings. The molecule has 1 aromatic heterocycles. The van der Waals surface area contributed by atoms with Gasteiger partial charge < -0.3 is 14.3 Å². The number of benzene rings is 1. The molecule has 3 rings (SSSR count). The van der Waals surface area contributed by atoms with Gasteiger partial charge in [0.25, 0.3) is 0 Å². The lowest BCUT2D eigenvalue weighted by atomic mass is 10.1. The van der Waals surface area contributed by atoms with Crippen molar-refractivity contribution in [3.8, 4) is 0 Å². The smallest absolute Gasteiger partial charge is 0.371 e. The molecule has 118 valence electrons. The zero-order valence-electron chi connectivity index (χ0n) is 12.7. The zero-order chi connectivity index (χ0) is 15.5. The molecule has 1 N–H and O–H groups in total. The molecule has 1 atom stereocenters. The van der Waals surface area contributed by atoms with E-state index in [2.05, 4.69) is 11.8 Å². The predicted molar refractivity (Wildman–Crippen MR) is 83.1 cm³/mol. The average molecular weight is 303 g/mol. The van der Waals surface area contributed by atoms with Crippen molar-refractivity contribution in [3.05, 3.63) is 35.6 Å². The van der Waals surface area contributed by atoms with E-state index in [0.29, 0.717) is 11.6 Å². The molecule has 0 amide bonds. The van der Waals surface area contributed by atoms with Gasteiger partial charge in [0.05, 0.1) is 6.61 Å². The Hall–Kier alpha value is -1.85. The molecule has 5 nitrogen and oxygen atoms in total. The van der Waals surface area contributed by atoms with Crippen LogP contribution in [0.4, 0.5) is 0 Å². The lowest BCUT2D eigenvalue weighted by molar-refractivity contribution is 0.0166. The van der Waals surface area contributed by atoms with Crippen molar-refractivity contribution in [2.45, 2.75) is 32.4 Å². The number of carboxylic acid groups (broad SMARTS) is 1. The number of likely N-dealkylation sites (N-methyl/N-ethyl adjacent to an activating group) is 1. The summed E-state index contributed by atoms with van der Waals surface area (Å²) in [5.41, 5.74) is 1.78. The van der Waals surface area contributed by atoms with Gasteiger partial charge in [0.15, 0.2) is 0 Å². The van der Waals surface area contributed by atoms with Crippen molar-refractivity contribution in [1.29, 1.82) is 0 Å². The minimum absolute atomic E-state index is 0.0137. The van der Waals surface area contributed by atoms with Gasteiger partial charge in [-0.3, -0.25) is 4.90 Å². The van der Waals surface area contributed by atoms with Crippen molar-refractivity contribution in [3.63, 3.8) is 0 Å². The highest BCUT2D eigenvalue weighted by molar-refractivity contribution is 5.91. The second-order valence-corrected chi connectivity index (χ2v) is 5.72. The topological polar surface area (TPSA) is 62.9 Å². The van der Waals surface area contributed by atoms with Gasteiger partial charge in [-0.05, 0) is 43.1 Å². The van der Waals surface area contributed by atoms with E-state index >= 15 is 0 Å². The van der Waals surface area contributed by atoms with E-state index < -0.39 is 5.97 Å². The first kappa shape index (κ1) is 15.1. The molecule has 1 aromatic carbocycles. The maximum absolute atomic E-state index is 11.0. The molecule has 1 fully saturated rings. The van der Waals surface area contributed by atoms with Crippen LogP contribution in [-0.4, -0.2) is 41.8 Å². The van der Waals surface area contributed by atoms with Crippen molar-refractivity contribution in [2.75, 3.05) is 19.8 Å². The summed E-state index contributed by atoms with van der Waals surface area (Å²) in [5.74, 6) is -1.05. The summed E-state index contributed by atoms with van der Waals surface area (Å²) in [4.78, 5) is 13.4. The lowest BCUT2D eigenvalue weighted by Crippen LogP contribution is -2.40. The standard InChI is InChI=1S/C17H21NO4/c1-2-18(14-4-3-7-21-11-14)10-12-5-6-15-13(8-12)9-16(22-15)17(19)20/h5-6,8-9,14H,2-4,7,10-11H2,1H3,(H,19,20). The zero-order valence-corrected chi connectivity index (χ0v) is 12.7. The van der Waals surface area contributed by atoms with E-state index in [1.807, 2.05) is 18.2 Å².